The van der Waals surface area contributed by atoms with Crippen molar-refractivity contribution in [2.45, 2.75) is 0 Å². The summed E-state index contributed by atoms with van der Waals surface area (Å²) < 4.78 is 20.4. The van der Waals surface area contributed by atoms with Crippen LogP contribution in [0.5, 0.6) is 17.2 Å². The summed E-state index contributed by atoms with van der Waals surface area (Å²) in [5.41, 5.74) is 1.20. The van der Waals surface area contributed by atoms with Crippen LogP contribution in [0.3, 0.4) is 0 Å². The van der Waals surface area contributed by atoms with Gasteiger partial charge in [-0.2, -0.15) is 0 Å². The molecule has 31 heavy (non-hydrogen) atoms. The molecule has 0 fully saturated rings. The minimum atomic E-state index is -0.491. The lowest BCUT2D eigenvalue weighted by molar-refractivity contribution is -0.119. The molecule has 0 bridgehead atoms. The molecule has 2 rings (SSSR count). The van der Waals surface area contributed by atoms with Crippen molar-refractivity contribution < 1.29 is 33.3 Å². The molecule has 0 aliphatic carbocycles. The number of hydrogen-bond acceptors (Lipinski definition) is 7. The quantitative estimate of drug-likeness (QED) is 0.523. The molecule has 166 valence electrons. The average Bonchev–Trinajstić information content (AvgIpc) is 2.76. The summed E-state index contributed by atoms with van der Waals surface area (Å²) >= 11 is 0. The second kappa shape index (κ2) is 11.4. The third kappa shape index (κ3) is 6.61. The molecule has 0 aliphatic heterocycles. The van der Waals surface area contributed by atoms with Gasteiger partial charge in [-0.05, 0) is 30.3 Å². The van der Waals surface area contributed by atoms with E-state index in [1.807, 2.05) is 0 Å². The van der Waals surface area contributed by atoms with E-state index in [0.717, 1.165) is 0 Å². The molecule has 0 spiro atoms. The van der Waals surface area contributed by atoms with E-state index < -0.39 is 11.8 Å². The number of amides is 3. The number of methoxy groups -OCH3 is 4. The van der Waals surface area contributed by atoms with Crippen molar-refractivity contribution in [3.63, 3.8) is 0 Å². The van der Waals surface area contributed by atoms with Crippen LogP contribution in [0.4, 0.5) is 11.4 Å². The Morgan fingerprint density at radius 1 is 0.806 bits per heavy atom. The minimum Gasteiger partial charge on any atom is -0.493 e. The van der Waals surface area contributed by atoms with Crippen LogP contribution in [0.15, 0.2) is 36.4 Å². The molecule has 2 aromatic rings. The van der Waals surface area contributed by atoms with Gasteiger partial charge in [-0.3, -0.25) is 14.4 Å². The zero-order valence-corrected chi connectivity index (χ0v) is 17.7. The molecule has 10 nitrogen and oxygen atoms in total. The fraction of sp³-hybridized carbons (Fsp3) is 0.286. The third-order valence-corrected chi connectivity index (χ3v) is 4.04. The lowest BCUT2D eigenvalue weighted by atomic mass is 10.1. The van der Waals surface area contributed by atoms with Gasteiger partial charge in [0, 0.05) is 24.0 Å². The van der Waals surface area contributed by atoms with Gasteiger partial charge in [-0.15, -0.1) is 0 Å². The number of carbonyl (C=O) groups excluding carboxylic acids is 3. The maximum absolute atomic E-state index is 12.5. The van der Waals surface area contributed by atoms with Crippen molar-refractivity contribution in [2.75, 3.05) is 52.2 Å². The second-order valence-corrected chi connectivity index (χ2v) is 6.21. The van der Waals surface area contributed by atoms with Crippen molar-refractivity contribution in [3.8, 4) is 17.2 Å². The highest BCUT2D eigenvalue weighted by Gasteiger charge is 2.17. The summed E-state index contributed by atoms with van der Waals surface area (Å²) in [5, 5.41) is 7.83. The van der Waals surface area contributed by atoms with E-state index in [1.54, 1.807) is 24.3 Å². The lowest BCUT2D eigenvalue weighted by Gasteiger charge is -2.14. The first-order valence-corrected chi connectivity index (χ1v) is 9.18. The van der Waals surface area contributed by atoms with Gasteiger partial charge in [0.2, 0.25) is 17.6 Å². The fourth-order valence-corrected chi connectivity index (χ4v) is 2.68. The van der Waals surface area contributed by atoms with E-state index in [0.29, 0.717) is 28.6 Å². The highest BCUT2D eigenvalue weighted by atomic mass is 16.5. The number of hydrogen-bond donors (Lipinski definition) is 3. The molecule has 0 aromatic heterocycles. The Bertz CT molecular complexity index is 921. The number of anilines is 2. The summed E-state index contributed by atoms with van der Waals surface area (Å²) in [5.74, 6) is -0.246. The standard InChI is InChI=1S/C21H25N3O7/c1-28-12-19(26)24-15-7-5-6-14(10-15)23-18(25)11-22-21(27)13-8-16(29-2)20(31-4)17(9-13)30-3/h5-10H,11-12H2,1-4H3,(H,22,27)(H,23,25)(H,24,26). The first-order valence-electron chi connectivity index (χ1n) is 9.18. The van der Waals surface area contributed by atoms with Crippen LogP contribution < -0.4 is 30.2 Å². The van der Waals surface area contributed by atoms with Crippen molar-refractivity contribution in [3.05, 3.63) is 42.0 Å². The van der Waals surface area contributed by atoms with Crippen molar-refractivity contribution in [1.29, 1.82) is 0 Å². The Balaban J connectivity index is 1.99. The zero-order chi connectivity index (χ0) is 22.8. The van der Waals surface area contributed by atoms with E-state index in [2.05, 4.69) is 16.0 Å². The predicted molar refractivity (Wildman–Crippen MR) is 114 cm³/mol. The van der Waals surface area contributed by atoms with Gasteiger partial charge in [0.1, 0.15) is 6.61 Å². The molecule has 0 aliphatic rings. The Morgan fingerprint density at radius 2 is 1.39 bits per heavy atom. The first-order chi connectivity index (χ1) is 14.9. The monoisotopic (exact) mass is 431 g/mol. The predicted octanol–water partition coefficient (Wildman–Crippen LogP) is 1.67. The maximum Gasteiger partial charge on any atom is 0.251 e. The van der Waals surface area contributed by atoms with Crippen LogP contribution in [-0.2, 0) is 14.3 Å². The summed E-state index contributed by atoms with van der Waals surface area (Å²) in [6.07, 6.45) is 0. The Morgan fingerprint density at radius 3 is 1.90 bits per heavy atom. The highest BCUT2D eigenvalue weighted by molar-refractivity contribution is 6.00. The number of benzene rings is 2. The Kier molecular flexibility index (Phi) is 8.64. The van der Waals surface area contributed by atoms with Crippen LogP contribution in [0.1, 0.15) is 10.4 Å². The molecule has 0 unspecified atom stereocenters. The van der Waals surface area contributed by atoms with Gasteiger partial charge in [-0.1, -0.05) is 6.07 Å². The van der Waals surface area contributed by atoms with Gasteiger partial charge in [-0.25, -0.2) is 0 Å². The van der Waals surface area contributed by atoms with Crippen molar-refractivity contribution in [1.82, 2.24) is 5.32 Å². The number of nitrogens with one attached hydrogen (secondary N) is 3. The highest BCUT2D eigenvalue weighted by Crippen LogP contribution is 2.38. The molecular weight excluding hydrogens is 406 g/mol. The second-order valence-electron chi connectivity index (χ2n) is 6.21. The summed E-state index contributed by atoms with van der Waals surface area (Å²) in [7, 11) is 5.77. The number of ether oxygens (including phenoxy) is 4. The topological polar surface area (TPSA) is 124 Å². The van der Waals surface area contributed by atoms with Crippen molar-refractivity contribution >= 4 is 29.1 Å². The minimum absolute atomic E-state index is 0.0798. The SMILES string of the molecule is COCC(=O)Nc1cccc(NC(=O)CNC(=O)c2cc(OC)c(OC)c(OC)c2)c1. The van der Waals surface area contributed by atoms with E-state index in [4.69, 9.17) is 18.9 Å². The largest absolute Gasteiger partial charge is 0.493 e. The van der Waals surface area contributed by atoms with Gasteiger partial charge in [0.05, 0.1) is 27.9 Å². The molecular formula is C21H25N3O7. The fourth-order valence-electron chi connectivity index (χ4n) is 2.68. The summed E-state index contributed by atoms with van der Waals surface area (Å²) in [4.78, 5) is 36.3. The Hall–Kier alpha value is -3.79. The molecule has 2 aromatic carbocycles. The van der Waals surface area contributed by atoms with Crippen LogP contribution in [0.25, 0.3) is 0 Å². The van der Waals surface area contributed by atoms with E-state index in [1.165, 1.54) is 40.6 Å². The first kappa shape index (κ1) is 23.5. The maximum atomic E-state index is 12.5. The summed E-state index contributed by atoms with van der Waals surface area (Å²) in [6, 6.07) is 9.57. The molecule has 0 radical (unpaired) electrons. The van der Waals surface area contributed by atoms with E-state index >= 15 is 0 Å². The van der Waals surface area contributed by atoms with E-state index in [9.17, 15) is 14.4 Å². The van der Waals surface area contributed by atoms with Crippen LogP contribution >= 0.6 is 0 Å². The number of rotatable bonds is 10. The normalized spacial score (nSPS) is 10.1. The molecule has 0 heterocycles. The van der Waals surface area contributed by atoms with Gasteiger partial charge >= 0.3 is 0 Å². The molecule has 3 amide bonds. The van der Waals surface area contributed by atoms with Gasteiger partial charge in [0.25, 0.3) is 5.91 Å². The van der Waals surface area contributed by atoms with E-state index in [-0.39, 0.29) is 24.6 Å². The molecule has 0 saturated carbocycles. The average molecular weight is 431 g/mol. The van der Waals surface area contributed by atoms with Crippen LogP contribution in [0, 0.1) is 0 Å². The Labute approximate surface area is 179 Å². The van der Waals surface area contributed by atoms with Crippen LogP contribution in [-0.4, -0.2) is 59.3 Å². The molecule has 0 saturated heterocycles. The van der Waals surface area contributed by atoms with Gasteiger partial charge in [0.15, 0.2) is 11.5 Å². The molecule has 10 heteroatoms. The molecule has 0 atom stereocenters. The number of carbonyl (C=O) groups is 3. The lowest BCUT2D eigenvalue weighted by Crippen LogP contribution is -2.32. The van der Waals surface area contributed by atoms with Gasteiger partial charge < -0.3 is 34.9 Å². The van der Waals surface area contributed by atoms with Crippen molar-refractivity contribution in [2.24, 2.45) is 0 Å². The summed E-state index contributed by atoms with van der Waals surface area (Å²) in [6.45, 7) is -0.348. The zero-order valence-electron chi connectivity index (χ0n) is 17.7. The molecule has 3 N–H and O–H groups in total. The smallest absolute Gasteiger partial charge is 0.251 e. The van der Waals surface area contributed by atoms with Crippen LogP contribution in [0.2, 0.25) is 0 Å². The third-order valence-electron chi connectivity index (χ3n) is 4.04.